The Balaban J connectivity index is 3.25. The van der Waals surface area contributed by atoms with Crippen LogP contribution < -0.4 is 10.5 Å². The summed E-state index contributed by atoms with van der Waals surface area (Å²) in [5, 5.41) is 6.90. The molecule has 0 aliphatic rings. The third-order valence-electron chi connectivity index (χ3n) is 1.51. The number of halogens is 1. The molecule has 0 fully saturated rings. The van der Waals surface area contributed by atoms with Crippen LogP contribution >= 0.6 is 0 Å². The molecule has 0 bridgehead atoms. The molecular weight excluding hydrogens is 159 g/mol. The van der Waals surface area contributed by atoms with Crippen molar-refractivity contribution in [3.8, 4) is 5.75 Å². The van der Waals surface area contributed by atoms with Gasteiger partial charge in [0.1, 0.15) is 0 Å². The molecule has 0 aliphatic heterocycles. The minimum Gasteiger partial charge on any atom is -0.494 e. The van der Waals surface area contributed by atoms with Crippen LogP contribution in [0.2, 0.25) is 0 Å². The maximum absolute atomic E-state index is 12.9. The first-order chi connectivity index (χ1) is 5.69. The van der Waals surface area contributed by atoms with E-state index in [9.17, 15) is 4.39 Å². The average Bonchev–Trinajstić information content (AvgIpc) is 2.08. The van der Waals surface area contributed by atoms with Gasteiger partial charge in [-0.15, -0.1) is 0 Å². The van der Waals surface area contributed by atoms with Crippen LogP contribution in [0.25, 0.3) is 0 Å². The predicted octanol–water partition coefficient (Wildman–Crippen LogP) is 1.41. The van der Waals surface area contributed by atoms with E-state index >= 15 is 0 Å². The lowest BCUT2D eigenvalue weighted by Gasteiger charge is -2.04. The summed E-state index contributed by atoms with van der Waals surface area (Å²) in [6.45, 7) is 0. The van der Waals surface area contributed by atoms with Crippen molar-refractivity contribution in [2.75, 3.05) is 12.8 Å². The molecule has 0 amide bonds. The molecule has 3 nitrogen and oxygen atoms in total. The fraction of sp³-hybridized carbons (Fsp3) is 0.125. The molecule has 3 N–H and O–H groups in total. The van der Waals surface area contributed by atoms with Gasteiger partial charge in [-0.3, -0.25) is 0 Å². The highest BCUT2D eigenvalue weighted by molar-refractivity contribution is 5.85. The highest BCUT2D eigenvalue weighted by atomic mass is 19.1. The number of nitrogens with two attached hydrogens (primary N) is 1. The van der Waals surface area contributed by atoms with Gasteiger partial charge in [-0.1, -0.05) is 0 Å². The number of ether oxygens (including phenoxy) is 1. The standard InChI is InChI=1S/C8H9FN2O/c1-12-8-3-7(11)5(4-10)2-6(8)9/h2-4,10H,11H2,1H3. The lowest BCUT2D eigenvalue weighted by atomic mass is 10.2. The Bertz CT molecular complexity index is 312. The van der Waals surface area contributed by atoms with Crippen LogP contribution in [0, 0.1) is 11.2 Å². The van der Waals surface area contributed by atoms with Gasteiger partial charge in [0, 0.05) is 23.5 Å². The second kappa shape index (κ2) is 3.21. The summed E-state index contributed by atoms with van der Waals surface area (Å²) in [6, 6.07) is 2.52. The largest absolute Gasteiger partial charge is 0.494 e. The van der Waals surface area contributed by atoms with Crippen molar-refractivity contribution in [3.63, 3.8) is 0 Å². The summed E-state index contributed by atoms with van der Waals surface area (Å²) >= 11 is 0. The first-order valence-corrected chi connectivity index (χ1v) is 3.32. The van der Waals surface area contributed by atoms with Crippen molar-refractivity contribution in [1.82, 2.24) is 0 Å². The number of benzene rings is 1. The van der Waals surface area contributed by atoms with Crippen molar-refractivity contribution >= 4 is 11.9 Å². The Morgan fingerprint density at radius 2 is 2.25 bits per heavy atom. The molecule has 0 spiro atoms. The number of methoxy groups -OCH3 is 1. The molecule has 0 heterocycles. The van der Waals surface area contributed by atoms with Crippen molar-refractivity contribution in [3.05, 3.63) is 23.5 Å². The average molecular weight is 168 g/mol. The Labute approximate surface area is 69.5 Å². The molecule has 1 rings (SSSR count). The first kappa shape index (κ1) is 8.52. The molecule has 0 aromatic heterocycles. The molecular formula is C8H9FN2O. The van der Waals surface area contributed by atoms with Gasteiger partial charge >= 0.3 is 0 Å². The summed E-state index contributed by atoms with van der Waals surface area (Å²) in [5.74, 6) is -0.414. The summed E-state index contributed by atoms with van der Waals surface area (Å²) in [4.78, 5) is 0. The number of hydrogen-bond donors (Lipinski definition) is 2. The normalized spacial score (nSPS) is 9.50. The van der Waals surface area contributed by atoms with Gasteiger partial charge < -0.3 is 15.9 Å². The lowest BCUT2D eigenvalue weighted by Crippen LogP contribution is -1.96. The van der Waals surface area contributed by atoms with Crippen molar-refractivity contribution in [1.29, 1.82) is 5.41 Å². The van der Waals surface area contributed by atoms with Gasteiger partial charge in [0.15, 0.2) is 11.6 Å². The third-order valence-corrected chi connectivity index (χ3v) is 1.51. The van der Waals surface area contributed by atoms with E-state index in [1.807, 2.05) is 0 Å². The molecule has 0 radical (unpaired) electrons. The van der Waals surface area contributed by atoms with Crippen molar-refractivity contribution in [2.45, 2.75) is 0 Å². The Morgan fingerprint density at radius 3 is 2.75 bits per heavy atom. The topological polar surface area (TPSA) is 59.1 Å². The zero-order valence-corrected chi connectivity index (χ0v) is 6.60. The van der Waals surface area contributed by atoms with Gasteiger partial charge in [-0.25, -0.2) is 4.39 Å². The van der Waals surface area contributed by atoms with E-state index in [1.54, 1.807) is 0 Å². The second-order valence-corrected chi connectivity index (χ2v) is 2.26. The predicted molar refractivity (Wildman–Crippen MR) is 45.3 cm³/mol. The second-order valence-electron chi connectivity index (χ2n) is 2.26. The maximum Gasteiger partial charge on any atom is 0.165 e. The minimum atomic E-state index is -0.509. The van der Waals surface area contributed by atoms with Crippen LogP contribution in [-0.4, -0.2) is 13.3 Å². The van der Waals surface area contributed by atoms with Crippen LogP contribution in [0.3, 0.4) is 0 Å². The fourth-order valence-corrected chi connectivity index (χ4v) is 0.866. The quantitative estimate of drug-likeness (QED) is 0.518. The van der Waals surface area contributed by atoms with Crippen LogP contribution in [0.1, 0.15) is 5.56 Å². The van der Waals surface area contributed by atoms with E-state index in [-0.39, 0.29) is 5.75 Å². The van der Waals surface area contributed by atoms with Gasteiger partial charge in [-0.05, 0) is 6.07 Å². The zero-order valence-electron chi connectivity index (χ0n) is 6.60. The maximum atomic E-state index is 12.9. The molecule has 0 unspecified atom stereocenters. The van der Waals surface area contributed by atoms with Gasteiger partial charge in [0.2, 0.25) is 0 Å². The SMILES string of the molecule is COc1cc(N)c(C=N)cc1F. The highest BCUT2D eigenvalue weighted by Crippen LogP contribution is 2.22. The zero-order chi connectivity index (χ0) is 9.14. The van der Waals surface area contributed by atoms with Gasteiger partial charge in [-0.2, -0.15) is 0 Å². The van der Waals surface area contributed by atoms with E-state index < -0.39 is 5.82 Å². The van der Waals surface area contributed by atoms with Gasteiger partial charge in [0.05, 0.1) is 7.11 Å². The summed E-state index contributed by atoms with van der Waals surface area (Å²) in [7, 11) is 1.36. The van der Waals surface area contributed by atoms with Crippen LogP contribution in [0.4, 0.5) is 10.1 Å². The molecule has 0 saturated carbocycles. The number of hydrogen-bond acceptors (Lipinski definition) is 3. The molecule has 12 heavy (non-hydrogen) atoms. The number of nitrogens with one attached hydrogen (secondary N) is 1. The van der Waals surface area contributed by atoms with Crippen LogP contribution in [-0.2, 0) is 0 Å². The fourth-order valence-electron chi connectivity index (χ4n) is 0.866. The molecule has 0 saturated heterocycles. The number of rotatable bonds is 2. The highest BCUT2D eigenvalue weighted by Gasteiger charge is 2.05. The van der Waals surface area contributed by atoms with Gasteiger partial charge in [0.25, 0.3) is 0 Å². The third kappa shape index (κ3) is 1.37. The smallest absolute Gasteiger partial charge is 0.165 e. The molecule has 64 valence electrons. The summed E-state index contributed by atoms with van der Waals surface area (Å²) in [5.41, 5.74) is 6.17. The van der Waals surface area contributed by atoms with E-state index in [0.717, 1.165) is 6.21 Å². The summed E-state index contributed by atoms with van der Waals surface area (Å²) < 4.78 is 17.6. The van der Waals surface area contributed by atoms with Crippen molar-refractivity contribution in [2.24, 2.45) is 0 Å². The van der Waals surface area contributed by atoms with Crippen LogP contribution in [0.15, 0.2) is 12.1 Å². The Morgan fingerprint density at radius 1 is 1.58 bits per heavy atom. The number of anilines is 1. The van der Waals surface area contributed by atoms with E-state index in [2.05, 4.69) is 0 Å². The van der Waals surface area contributed by atoms with Crippen LogP contribution in [0.5, 0.6) is 5.75 Å². The first-order valence-electron chi connectivity index (χ1n) is 3.32. The molecule has 1 aromatic carbocycles. The van der Waals surface area contributed by atoms with Crippen molar-refractivity contribution < 1.29 is 9.13 Å². The number of nitrogen functional groups attached to an aromatic ring is 1. The minimum absolute atomic E-state index is 0.0955. The Kier molecular flexibility index (Phi) is 2.28. The van der Waals surface area contributed by atoms with E-state index in [0.29, 0.717) is 11.3 Å². The summed E-state index contributed by atoms with van der Waals surface area (Å²) in [6.07, 6.45) is 0.998. The van der Waals surface area contributed by atoms with E-state index in [4.69, 9.17) is 15.9 Å². The lowest BCUT2D eigenvalue weighted by molar-refractivity contribution is 0.387. The monoisotopic (exact) mass is 168 g/mol. The molecule has 0 aliphatic carbocycles. The molecule has 0 atom stereocenters. The van der Waals surface area contributed by atoms with E-state index in [1.165, 1.54) is 19.2 Å². The molecule has 1 aromatic rings. The molecule has 4 heteroatoms. The Hall–Kier alpha value is -1.58.